The molecule has 3 aliphatic rings. The first kappa shape index (κ1) is 28.9. The highest BCUT2D eigenvalue weighted by atomic mass is 16.5. The van der Waals surface area contributed by atoms with Gasteiger partial charge in [0.1, 0.15) is 24.3 Å². The number of fused-ring (bicyclic) bond motifs is 2. The summed E-state index contributed by atoms with van der Waals surface area (Å²) >= 11 is 0. The average Bonchev–Trinajstić information content (AvgIpc) is 3.87. The van der Waals surface area contributed by atoms with Gasteiger partial charge in [-0.2, -0.15) is 0 Å². The maximum absolute atomic E-state index is 13.9. The number of carbonyl (C=O) groups excluding carboxylic acids is 1. The van der Waals surface area contributed by atoms with Gasteiger partial charge < -0.3 is 19.5 Å². The second kappa shape index (κ2) is 12.0. The Hall–Kier alpha value is -4.53. The summed E-state index contributed by atoms with van der Waals surface area (Å²) in [5.41, 5.74) is 9.85. The monoisotopic (exact) mass is 612 g/mol. The SMILES string of the molecule is CCN1CCN(Cc2ccc(-c3cc4c(-c5cccc(N6CCOc7cc(C8CC8)ccc7C6=O)c5C)ncnc4[nH]3)cc2)CC1. The Morgan fingerprint density at radius 2 is 1.70 bits per heavy atom. The molecule has 8 heteroatoms. The molecule has 4 heterocycles. The molecule has 2 aliphatic heterocycles. The van der Waals surface area contributed by atoms with Gasteiger partial charge >= 0.3 is 0 Å². The lowest BCUT2D eigenvalue weighted by Crippen LogP contribution is -2.45. The molecule has 5 aromatic rings. The number of aromatic nitrogens is 3. The van der Waals surface area contributed by atoms with Gasteiger partial charge in [-0.15, -0.1) is 0 Å². The summed E-state index contributed by atoms with van der Waals surface area (Å²) in [7, 11) is 0. The number of hydrogen-bond acceptors (Lipinski definition) is 6. The number of anilines is 1. The van der Waals surface area contributed by atoms with E-state index in [2.05, 4.69) is 82.1 Å². The van der Waals surface area contributed by atoms with E-state index in [4.69, 9.17) is 9.72 Å². The van der Waals surface area contributed by atoms with E-state index in [-0.39, 0.29) is 5.91 Å². The zero-order valence-corrected chi connectivity index (χ0v) is 26.6. The van der Waals surface area contributed by atoms with Crippen molar-refractivity contribution in [1.82, 2.24) is 24.8 Å². The van der Waals surface area contributed by atoms with Crippen LogP contribution in [0.3, 0.4) is 0 Å². The first-order valence-corrected chi connectivity index (χ1v) is 16.6. The van der Waals surface area contributed by atoms with Gasteiger partial charge in [0.15, 0.2) is 0 Å². The van der Waals surface area contributed by atoms with Gasteiger partial charge in [0.25, 0.3) is 5.91 Å². The van der Waals surface area contributed by atoms with E-state index in [1.54, 1.807) is 6.33 Å². The molecular weight excluding hydrogens is 572 g/mol. The molecule has 1 N–H and O–H groups in total. The molecule has 3 aromatic carbocycles. The van der Waals surface area contributed by atoms with Crippen LogP contribution in [-0.2, 0) is 6.54 Å². The summed E-state index contributed by atoms with van der Waals surface area (Å²) in [5, 5.41) is 0.957. The number of likely N-dealkylation sites (N-methyl/N-ethyl adjacent to an activating group) is 1. The number of rotatable bonds is 7. The molecule has 2 aromatic heterocycles. The van der Waals surface area contributed by atoms with Crippen LogP contribution >= 0.6 is 0 Å². The fourth-order valence-corrected chi connectivity index (χ4v) is 7.02. The van der Waals surface area contributed by atoms with Crippen LogP contribution in [0, 0.1) is 6.92 Å². The maximum Gasteiger partial charge on any atom is 0.262 e. The molecule has 0 unspecified atom stereocenters. The van der Waals surface area contributed by atoms with Crippen LogP contribution in [-0.4, -0.2) is 76.5 Å². The van der Waals surface area contributed by atoms with E-state index < -0.39 is 0 Å². The third-order valence-electron chi connectivity index (χ3n) is 9.96. The lowest BCUT2D eigenvalue weighted by molar-refractivity contribution is 0.0989. The van der Waals surface area contributed by atoms with Crippen LogP contribution in [0.2, 0.25) is 0 Å². The zero-order chi connectivity index (χ0) is 31.2. The Balaban J connectivity index is 1.06. The largest absolute Gasteiger partial charge is 0.491 e. The number of aromatic amines is 1. The van der Waals surface area contributed by atoms with Gasteiger partial charge in [-0.25, -0.2) is 9.97 Å². The summed E-state index contributed by atoms with van der Waals surface area (Å²) in [6.07, 6.45) is 4.05. The van der Waals surface area contributed by atoms with Gasteiger partial charge in [-0.1, -0.05) is 49.4 Å². The molecular formula is C38H40N6O2. The molecule has 0 spiro atoms. The molecule has 8 rings (SSSR count). The average molecular weight is 613 g/mol. The van der Waals surface area contributed by atoms with Crippen molar-refractivity contribution in [3.63, 3.8) is 0 Å². The highest BCUT2D eigenvalue weighted by Crippen LogP contribution is 2.42. The predicted molar refractivity (Wildman–Crippen MR) is 182 cm³/mol. The summed E-state index contributed by atoms with van der Waals surface area (Å²) in [6, 6.07) is 23.2. The lowest BCUT2D eigenvalue weighted by Gasteiger charge is -2.34. The van der Waals surface area contributed by atoms with E-state index >= 15 is 0 Å². The normalized spacial score (nSPS) is 17.6. The molecule has 0 bridgehead atoms. The van der Waals surface area contributed by atoms with Crippen molar-refractivity contribution in [2.45, 2.75) is 39.2 Å². The van der Waals surface area contributed by atoms with Gasteiger partial charge in [0.05, 0.1) is 17.8 Å². The Kier molecular flexibility index (Phi) is 7.54. The number of amides is 1. The number of H-pyrrole nitrogens is 1. The van der Waals surface area contributed by atoms with E-state index in [9.17, 15) is 4.79 Å². The second-order valence-corrected chi connectivity index (χ2v) is 12.9. The van der Waals surface area contributed by atoms with Gasteiger partial charge in [0, 0.05) is 55.1 Å². The fraction of sp³-hybridized carbons (Fsp3) is 0.342. The summed E-state index contributed by atoms with van der Waals surface area (Å²) < 4.78 is 6.11. The van der Waals surface area contributed by atoms with Crippen LogP contribution in [0.4, 0.5) is 5.69 Å². The topological polar surface area (TPSA) is 77.6 Å². The van der Waals surface area contributed by atoms with Gasteiger partial charge in [-0.05, 0) is 78.7 Å². The van der Waals surface area contributed by atoms with Crippen molar-refractivity contribution < 1.29 is 9.53 Å². The smallest absolute Gasteiger partial charge is 0.262 e. The van der Waals surface area contributed by atoms with E-state index in [1.165, 1.54) is 24.0 Å². The summed E-state index contributed by atoms with van der Waals surface area (Å²) in [4.78, 5) is 33.6. The van der Waals surface area contributed by atoms with E-state index in [0.29, 0.717) is 30.4 Å². The van der Waals surface area contributed by atoms with E-state index in [1.807, 2.05) is 23.1 Å². The zero-order valence-electron chi connectivity index (χ0n) is 26.6. The molecule has 234 valence electrons. The molecule has 8 nitrogen and oxygen atoms in total. The van der Waals surface area contributed by atoms with Crippen LogP contribution in [0.25, 0.3) is 33.5 Å². The Bertz CT molecular complexity index is 1900. The molecule has 1 saturated heterocycles. The van der Waals surface area contributed by atoms with Crippen LogP contribution < -0.4 is 9.64 Å². The first-order chi connectivity index (χ1) is 22.6. The summed E-state index contributed by atoms with van der Waals surface area (Å²) in [5.74, 6) is 1.28. The van der Waals surface area contributed by atoms with Crippen LogP contribution in [0.5, 0.6) is 5.75 Å². The Labute approximate surface area is 270 Å². The van der Waals surface area contributed by atoms with Gasteiger partial charge in [-0.3, -0.25) is 9.69 Å². The highest BCUT2D eigenvalue weighted by Gasteiger charge is 2.30. The number of hydrogen-bond donors (Lipinski definition) is 1. The lowest BCUT2D eigenvalue weighted by atomic mass is 10.00. The first-order valence-electron chi connectivity index (χ1n) is 16.6. The predicted octanol–water partition coefficient (Wildman–Crippen LogP) is 6.65. The van der Waals surface area contributed by atoms with Crippen molar-refractivity contribution in [2.75, 3.05) is 50.8 Å². The summed E-state index contributed by atoms with van der Waals surface area (Å²) in [6.45, 7) is 11.9. The molecule has 0 atom stereocenters. The third-order valence-corrected chi connectivity index (χ3v) is 9.96. The molecule has 1 saturated carbocycles. The van der Waals surface area contributed by atoms with Crippen molar-refractivity contribution in [1.29, 1.82) is 0 Å². The molecule has 0 radical (unpaired) electrons. The van der Waals surface area contributed by atoms with Gasteiger partial charge in [0.2, 0.25) is 0 Å². The number of nitrogens with zero attached hydrogens (tertiary/aromatic N) is 5. The van der Waals surface area contributed by atoms with Crippen molar-refractivity contribution in [2.24, 2.45) is 0 Å². The number of benzene rings is 3. The Morgan fingerprint density at radius 3 is 2.48 bits per heavy atom. The van der Waals surface area contributed by atoms with Crippen molar-refractivity contribution in [3.8, 4) is 28.3 Å². The van der Waals surface area contributed by atoms with Crippen LogP contribution in [0.1, 0.15) is 52.7 Å². The third kappa shape index (κ3) is 5.46. The number of nitrogens with one attached hydrogen (secondary N) is 1. The minimum Gasteiger partial charge on any atom is -0.491 e. The molecule has 1 aliphatic carbocycles. The molecule has 2 fully saturated rings. The number of carbonyl (C=O) groups is 1. The van der Waals surface area contributed by atoms with E-state index in [0.717, 1.165) is 84.1 Å². The number of ether oxygens (including phenoxy) is 1. The molecule has 1 amide bonds. The maximum atomic E-state index is 13.9. The minimum absolute atomic E-state index is 0.0291. The Morgan fingerprint density at radius 1 is 0.891 bits per heavy atom. The van der Waals surface area contributed by atoms with Crippen molar-refractivity contribution in [3.05, 3.63) is 95.3 Å². The second-order valence-electron chi connectivity index (χ2n) is 12.9. The number of piperazine rings is 1. The quantitative estimate of drug-likeness (QED) is 0.222. The van der Waals surface area contributed by atoms with Crippen LogP contribution in [0.15, 0.2) is 73.1 Å². The highest BCUT2D eigenvalue weighted by molar-refractivity contribution is 6.09. The fourth-order valence-electron chi connectivity index (χ4n) is 7.02. The minimum atomic E-state index is -0.0291. The molecule has 46 heavy (non-hydrogen) atoms. The standard InChI is InChI=1S/C38H40N6O2/c1-3-42-15-17-43(18-16-42)23-26-7-9-28(10-8-26)33-22-32-36(39-24-40-37(32)41-33)30-5-4-6-34(25(30)2)44-19-20-46-35-21-29(27-11-12-27)13-14-31(35)38(44)45/h4-10,13-14,21-22,24,27H,3,11-12,15-20,23H2,1-2H3,(H,39,40,41). The van der Waals surface area contributed by atoms with Crippen molar-refractivity contribution >= 4 is 22.6 Å².